The van der Waals surface area contributed by atoms with Crippen LogP contribution >= 0.6 is 11.6 Å². The molecule has 35 heavy (non-hydrogen) atoms. The van der Waals surface area contributed by atoms with Crippen molar-refractivity contribution in [3.63, 3.8) is 0 Å². The van der Waals surface area contributed by atoms with E-state index in [9.17, 15) is 9.59 Å². The van der Waals surface area contributed by atoms with Gasteiger partial charge in [-0.15, -0.1) is 0 Å². The van der Waals surface area contributed by atoms with Crippen molar-refractivity contribution in [1.29, 1.82) is 0 Å². The zero-order valence-electron chi connectivity index (χ0n) is 20.4. The molecule has 0 saturated carbocycles. The van der Waals surface area contributed by atoms with E-state index in [4.69, 9.17) is 25.8 Å². The van der Waals surface area contributed by atoms with Crippen molar-refractivity contribution in [3.8, 4) is 11.5 Å². The molecule has 0 radical (unpaired) electrons. The number of H-pyrrole nitrogens is 1. The van der Waals surface area contributed by atoms with Crippen molar-refractivity contribution < 1.29 is 19.0 Å². The van der Waals surface area contributed by atoms with Crippen molar-refractivity contribution in [2.45, 2.75) is 52.3 Å². The van der Waals surface area contributed by atoms with Crippen molar-refractivity contribution in [3.05, 3.63) is 55.5 Å². The second kappa shape index (κ2) is 9.84. The molecule has 5 rings (SSSR count). The second-order valence-corrected chi connectivity index (χ2v) is 10.3. The smallest absolute Gasteiger partial charge is 0.253 e. The van der Waals surface area contributed by atoms with E-state index in [1.807, 2.05) is 26.8 Å². The Bertz CT molecular complexity index is 1180. The van der Waals surface area contributed by atoms with Crippen LogP contribution in [0, 0.1) is 26.7 Å². The van der Waals surface area contributed by atoms with E-state index < -0.39 is 0 Å². The maximum atomic E-state index is 13.1. The molecule has 0 aliphatic carbocycles. The fourth-order valence-electron chi connectivity index (χ4n) is 5.25. The van der Waals surface area contributed by atoms with Crippen LogP contribution in [0.5, 0.6) is 11.5 Å². The second-order valence-electron chi connectivity index (χ2n) is 9.85. The van der Waals surface area contributed by atoms with Crippen LogP contribution in [0.1, 0.15) is 45.6 Å². The predicted molar refractivity (Wildman–Crippen MR) is 133 cm³/mol. The third-order valence-corrected chi connectivity index (χ3v) is 7.78. The number of fused-ring (bicyclic) bond motifs is 1. The molecule has 8 nitrogen and oxygen atoms in total. The number of nitrogens with one attached hydrogen (secondary N) is 2. The van der Waals surface area contributed by atoms with E-state index in [1.165, 1.54) is 0 Å². The number of ether oxygens (including phenoxy) is 3. The Balaban J connectivity index is 1.29. The minimum absolute atomic E-state index is 0.0795. The van der Waals surface area contributed by atoms with Gasteiger partial charge in [-0.1, -0.05) is 11.6 Å². The van der Waals surface area contributed by atoms with Crippen LogP contribution in [0.4, 0.5) is 0 Å². The fourth-order valence-corrected chi connectivity index (χ4v) is 5.50. The van der Waals surface area contributed by atoms with Crippen LogP contribution in [0.15, 0.2) is 16.9 Å². The van der Waals surface area contributed by atoms with Gasteiger partial charge in [-0.3, -0.25) is 14.5 Å². The highest BCUT2D eigenvalue weighted by molar-refractivity contribution is 6.32. The highest BCUT2D eigenvalue weighted by Gasteiger charge is 2.36. The number of piperidine rings is 1. The molecule has 3 aliphatic heterocycles. The van der Waals surface area contributed by atoms with Gasteiger partial charge in [0.25, 0.3) is 11.5 Å². The molecular weight excluding hydrogens is 470 g/mol. The largest absolute Gasteiger partial charge is 0.484 e. The minimum Gasteiger partial charge on any atom is -0.484 e. The van der Waals surface area contributed by atoms with E-state index in [2.05, 4.69) is 15.2 Å². The summed E-state index contributed by atoms with van der Waals surface area (Å²) in [4.78, 5) is 30.7. The first-order valence-corrected chi connectivity index (χ1v) is 12.6. The lowest BCUT2D eigenvalue weighted by Gasteiger charge is -2.43. The number of aromatic nitrogens is 1. The Morgan fingerprint density at radius 3 is 2.54 bits per heavy atom. The number of carbonyl (C=O) groups is 1. The van der Waals surface area contributed by atoms with Gasteiger partial charge in [0, 0.05) is 34.8 Å². The number of amides is 1. The van der Waals surface area contributed by atoms with E-state index in [1.54, 1.807) is 6.07 Å². The quantitative estimate of drug-likeness (QED) is 0.654. The third kappa shape index (κ3) is 4.79. The number of halogens is 1. The minimum atomic E-state index is -0.312. The third-order valence-electron chi connectivity index (χ3n) is 7.50. The normalized spacial score (nSPS) is 21.0. The van der Waals surface area contributed by atoms with Gasteiger partial charge in [-0.25, -0.2) is 0 Å². The van der Waals surface area contributed by atoms with Gasteiger partial charge in [0.2, 0.25) is 0 Å². The van der Waals surface area contributed by atoms with Gasteiger partial charge in [0.15, 0.2) is 11.5 Å². The summed E-state index contributed by atoms with van der Waals surface area (Å²) in [7, 11) is 0. The Kier molecular flexibility index (Phi) is 6.79. The lowest BCUT2D eigenvalue weighted by Crippen LogP contribution is -2.53. The Morgan fingerprint density at radius 2 is 1.89 bits per heavy atom. The van der Waals surface area contributed by atoms with Gasteiger partial charge in [-0.05, 0) is 64.4 Å². The molecule has 1 atom stereocenters. The number of benzene rings is 1. The fraction of sp³-hybridized carbons (Fsp3) is 0.538. The SMILES string of the molecule is Cc1cc(C)c(CNC(=O)c2cc(Cl)c3c(c2C)O[C@H](C2CCN(C4COC4)CC2)CO3)c(=O)[nH]1. The van der Waals surface area contributed by atoms with Gasteiger partial charge in [0.1, 0.15) is 12.7 Å². The first-order valence-electron chi connectivity index (χ1n) is 12.2. The zero-order valence-corrected chi connectivity index (χ0v) is 21.2. The molecule has 2 N–H and O–H groups in total. The highest BCUT2D eigenvalue weighted by atomic mass is 35.5. The van der Waals surface area contributed by atoms with Crippen molar-refractivity contribution in [1.82, 2.24) is 15.2 Å². The number of hydrogen-bond acceptors (Lipinski definition) is 6. The van der Waals surface area contributed by atoms with Gasteiger partial charge in [-0.2, -0.15) is 0 Å². The number of rotatable bonds is 5. The van der Waals surface area contributed by atoms with E-state index in [0.29, 0.717) is 51.8 Å². The molecule has 2 aromatic rings. The molecule has 1 aromatic carbocycles. The average Bonchev–Trinajstić information content (AvgIpc) is 2.79. The van der Waals surface area contributed by atoms with Gasteiger partial charge < -0.3 is 24.5 Å². The van der Waals surface area contributed by atoms with Crippen LogP contribution in [0.2, 0.25) is 5.02 Å². The van der Waals surface area contributed by atoms with Gasteiger partial charge >= 0.3 is 0 Å². The van der Waals surface area contributed by atoms with Crippen LogP contribution in [-0.4, -0.2) is 60.8 Å². The van der Waals surface area contributed by atoms with Gasteiger partial charge in [0.05, 0.1) is 24.3 Å². The molecule has 0 unspecified atom stereocenters. The Hall–Kier alpha value is -2.55. The molecule has 188 valence electrons. The molecule has 1 amide bonds. The summed E-state index contributed by atoms with van der Waals surface area (Å²) >= 11 is 6.50. The topological polar surface area (TPSA) is 92.9 Å². The summed E-state index contributed by atoms with van der Waals surface area (Å²) in [5.41, 5.74) is 3.06. The van der Waals surface area contributed by atoms with Crippen molar-refractivity contribution in [2.24, 2.45) is 5.92 Å². The Morgan fingerprint density at radius 1 is 1.14 bits per heavy atom. The first-order chi connectivity index (χ1) is 16.8. The van der Waals surface area contributed by atoms with E-state index in [-0.39, 0.29) is 24.1 Å². The number of nitrogens with zero attached hydrogens (tertiary/aromatic N) is 1. The van der Waals surface area contributed by atoms with E-state index >= 15 is 0 Å². The molecular formula is C26H32ClN3O5. The predicted octanol–water partition coefficient (Wildman–Crippen LogP) is 3.13. The number of carbonyl (C=O) groups excluding carboxylic acids is 1. The Labute approximate surface area is 209 Å². The first kappa shape index (κ1) is 24.2. The summed E-state index contributed by atoms with van der Waals surface area (Å²) in [5.74, 6) is 1.10. The standard InChI is InChI=1S/C26H32ClN3O5/c1-14-8-15(2)29-26(32)20(14)10-28-25(31)19-9-21(27)24-23(16(19)3)35-22(13-34-24)17-4-6-30(7-5-17)18-11-33-12-18/h8-9,17-18,22H,4-7,10-13H2,1-3H3,(H,28,31)(H,29,32)/t22-/m0/s1. The molecule has 4 heterocycles. The number of pyridine rings is 1. The summed E-state index contributed by atoms with van der Waals surface area (Å²) in [5, 5.41) is 3.21. The molecule has 0 spiro atoms. The van der Waals surface area contributed by atoms with Crippen LogP contribution in [-0.2, 0) is 11.3 Å². The monoisotopic (exact) mass is 501 g/mol. The lowest BCUT2D eigenvalue weighted by atomic mass is 9.90. The lowest BCUT2D eigenvalue weighted by molar-refractivity contribution is -0.0807. The molecule has 3 aliphatic rings. The number of aromatic amines is 1. The molecule has 9 heteroatoms. The summed E-state index contributed by atoms with van der Waals surface area (Å²) in [6, 6.07) is 4.06. The number of aryl methyl sites for hydroxylation is 2. The van der Waals surface area contributed by atoms with Crippen LogP contribution < -0.4 is 20.3 Å². The average molecular weight is 502 g/mol. The number of likely N-dealkylation sites (tertiary alicyclic amines) is 1. The summed E-state index contributed by atoms with van der Waals surface area (Å²) in [6.07, 6.45) is 2.00. The highest BCUT2D eigenvalue weighted by Crippen LogP contribution is 2.44. The van der Waals surface area contributed by atoms with Crippen molar-refractivity contribution in [2.75, 3.05) is 32.9 Å². The van der Waals surface area contributed by atoms with Crippen molar-refractivity contribution >= 4 is 17.5 Å². The van der Waals surface area contributed by atoms with Crippen LogP contribution in [0.25, 0.3) is 0 Å². The number of hydrogen-bond donors (Lipinski definition) is 2. The maximum Gasteiger partial charge on any atom is 0.253 e. The molecule has 2 saturated heterocycles. The molecule has 2 fully saturated rings. The zero-order chi connectivity index (χ0) is 24.7. The molecule has 1 aromatic heterocycles. The van der Waals surface area contributed by atoms with E-state index in [0.717, 1.165) is 50.4 Å². The molecule has 0 bridgehead atoms. The maximum absolute atomic E-state index is 13.1. The summed E-state index contributed by atoms with van der Waals surface area (Å²) in [6.45, 7) is 9.85. The van der Waals surface area contributed by atoms with Crippen LogP contribution in [0.3, 0.4) is 0 Å². The summed E-state index contributed by atoms with van der Waals surface area (Å²) < 4.78 is 17.8.